The first-order chi connectivity index (χ1) is 43.2. The maximum absolute atomic E-state index is 14.8. The second-order valence-electron chi connectivity index (χ2n) is 21.6. The minimum Gasteiger partial charge on any atom is -0.457 e. The quantitative estimate of drug-likeness (QED) is 0.0420. The first-order valence-electron chi connectivity index (χ1n) is 29.6. The molecule has 0 radical (unpaired) electrons. The standard InChI is InChI=1S/C70H76O18/c1-47(72)82-60-57(46-77-40-49-26-12-4-13-27-49)85-69(88-65-61(79-42-51-30-16-6-17-31-51)58(73)55(38-71)83-68(65)75-2)64(81-44-53-34-20-8-21-35-53)63(60)87-70-66(86-67(74)54-36-22-9-23-37-54)62(80-43-52-32-18-7-19-33-52)59(78-41-50-28-14-5-15-29-50)56(84-70)45-76-39-48-24-10-3-11-25-48/h3-37,55-66,68-71,73H,38-46H2,1-2H3/t55-,56-,57-,58+,59-,60+,61+,62+,63+,64-,65-,66-,68-,69-,70+/m1/s1. The Morgan fingerprint density at radius 2 is 0.750 bits per heavy atom. The minimum absolute atomic E-state index is 0.0224. The molecule has 464 valence electrons. The van der Waals surface area contributed by atoms with Crippen molar-refractivity contribution < 1.29 is 86.1 Å². The van der Waals surface area contributed by atoms with E-state index < -0.39 is 111 Å². The molecular weight excluding hydrogens is 1130 g/mol. The van der Waals surface area contributed by atoms with Gasteiger partial charge in [-0.2, -0.15) is 0 Å². The van der Waals surface area contributed by atoms with Crippen LogP contribution < -0.4 is 0 Å². The van der Waals surface area contributed by atoms with Crippen molar-refractivity contribution in [3.05, 3.63) is 251 Å². The Morgan fingerprint density at radius 1 is 0.386 bits per heavy atom. The first kappa shape index (κ1) is 63.9. The summed E-state index contributed by atoms with van der Waals surface area (Å²) in [6, 6.07) is 65.6. The van der Waals surface area contributed by atoms with Crippen LogP contribution in [0.4, 0.5) is 0 Å². The van der Waals surface area contributed by atoms with Gasteiger partial charge in [0.25, 0.3) is 0 Å². The molecule has 3 aliphatic rings. The van der Waals surface area contributed by atoms with Crippen LogP contribution in [0.5, 0.6) is 0 Å². The van der Waals surface area contributed by atoms with Crippen LogP contribution in [0.25, 0.3) is 0 Å². The van der Waals surface area contributed by atoms with Crippen LogP contribution in [0, 0.1) is 0 Å². The lowest BCUT2D eigenvalue weighted by molar-refractivity contribution is -0.393. The number of methoxy groups -OCH3 is 1. The van der Waals surface area contributed by atoms with Crippen molar-refractivity contribution >= 4 is 11.9 Å². The molecule has 0 spiro atoms. The van der Waals surface area contributed by atoms with Crippen molar-refractivity contribution in [1.29, 1.82) is 0 Å². The topological polar surface area (TPSA) is 204 Å². The minimum atomic E-state index is -1.59. The van der Waals surface area contributed by atoms with E-state index >= 15 is 0 Å². The molecule has 0 aliphatic carbocycles. The zero-order valence-corrected chi connectivity index (χ0v) is 49.2. The number of hydrogen-bond donors (Lipinski definition) is 2. The molecule has 10 rings (SSSR count). The van der Waals surface area contributed by atoms with Crippen molar-refractivity contribution in [2.75, 3.05) is 26.9 Å². The number of esters is 2. The highest BCUT2D eigenvalue weighted by molar-refractivity contribution is 5.89. The third-order valence-corrected chi connectivity index (χ3v) is 15.3. The second kappa shape index (κ2) is 32.9. The monoisotopic (exact) mass is 1200 g/mol. The van der Waals surface area contributed by atoms with Gasteiger partial charge in [-0.25, -0.2) is 4.79 Å². The number of ether oxygens (including phenoxy) is 14. The van der Waals surface area contributed by atoms with Gasteiger partial charge in [-0.3, -0.25) is 4.79 Å². The van der Waals surface area contributed by atoms with Crippen LogP contribution in [-0.2, 0) is 111 Å². The van der Waals surface area contributed by atoms with Crippen molar-refractivity contribution in [2.24, 2.45) is 0 Å². The van der Waals surface area contributed by atoms with Crippen LogP contribution >= 0.6 is 0 Å². The fourth-order valence-electron chi connectivity index (χ4n) is 10.9. The van der Waals surface area contributed by atoms with Gasteiger partial charge in [-0.1, -0.05) is 200 Å². The van der Waals surface area contributed by atoms with Gasteiger partial charge in [0.2, 0.25) is 0 Å². The van der Waals surface area contributed by atoms with Crippen LogP contribution in [0.1, 0.15) is 50.7 Å². The van der Waals surface area contributed by atoms with E-state index in [9.17, 15) is 19.8 Å². The van der Waals surface area contributed by atoms with Crippen LogP contribution in [0.3, 0.4) is 0 Å². The maximum atomic E-state index is 14.8. The average molecular weight is 1210 g/mol. The lowest BCUT2D eigenvalue weighted by atomic mass is 9.95. The summed E-state index contributed by atoms with van der Waals surface area (Å²) in [5, 5.41) is 22.6. The Kier molecular flexibility index (Phi) is 23.9. The molecule has 18 nitrogen and oxygen atoms in total. The fourth-order valence-corrected chi connectivity index (χ4v) is 10.9. The molecule has 0 aromatic heterocycles. The molecule has 7 aromatic rings. The van der Waals surface area contributed by atoms with Crippen molar-refractivity contribution in [2.45, 2.75) is 139 Å². The Morgan fingerprint density at radius 3 is 1.18 bits per heavy atom. The summed E-state index contributed by atoms with van der Waals surface area (Å²) in [7, 11) is 1.40. The predicted molar refractivity (Wildman–Crippen MR) is 319 cm³/mol. The highest BCUT2D eigenvalue weighted by Crippen LogP contribution is 2.39. The van der Waals surface area contributed by atoms with Gasteiger partial charge in [0.1, 0.15) is 61.0 Å². The number of carbonyl (C=O) groups excluding carboxylic acids is 2. The SMILES string of the molecule is CO[C@@H]1O[C@H](CO)[C@H](O)[C@H](OCc2ccccc2)[C@H]1O[C@H]1O[C@H](COCc2ccccc2)[C@H](OC(C)=O)[C@H](O[C@@H]2O[C@H](COCc3ccccc3)[C@@H](OCc3ccccc3)[C@H](OCc3ccccc3)[C@H]2OC(=O)c2ccccc2)[C@H]1OCc1ccccc1. The van der Waals surface area contributed by atoms with Crippen molar-refractivity contribution in [1.82, 2.24) is 0 Å². The summed E-state index contributed by atoms with van der Waals surface area (Å²) in [6.45, 7) is 0.828. The largest absolute Gasteiger partial charge is 0.457 e. The molecular formula is C70H76O18. The summed E-state index contributed by atoms with van der Waals surface area (Å²) >= 11 is 0. The molecule has 0 bridgehead atoms. The first-order valence-corrected chi connectivity index (χ1v) is 29.6. The van der Waals surface area contributed by atoms with E-state index in [2.05, 4.69) is 0 Å². The number of benzene rings is 7. The Bertz CT molecular complexity index is 3120. The van der Waals surface area contributed by atoms with Gasteiger partial charge >= 0.3 is 11.9 Å². The highest BCUT2D eigenvalue weighted by atomic mass is 16.8. The molecule has 0 saturated carbocycles. The van der Waals surface area contributed by atoms with E-state index in [1.165, 1.54) is 14.0 Å². The maximum Gasteiger partial charge on any atom is 0.338 e. The fraction of sp³-hybridized carbons (Fsp3) is 0.371. The second-order valence-corrected chi connectivity index (χ2v) is 21.6. The number of aliphatic hydroxyl groups excluding tert-OH is 2. The average Bonchev–Trinajstić information content (AvgIpc) is 2.15. The summed E-state index contributed by atoms with van der Waals surface area (Å²) in [6.07, 6.45) is -19.5. The Balaban J connectivity index is 1.09. The van der Waals surface area contributed by atoms with Crippen LogP contribution in [-0.4, -0.2) is 141 Å². The van der Waals surface area contributed by atoms with Gasteiger partial charge in [0.05, 0.1) is 65.0 Å². The summed E-state index contributed by atoms with van der Waals surface area (Å²) < 4.78 is 94.4. The van der Waals surface area contributed by atoms with E-state index in [0.717, 1.165) is 33.4 Å². The summed E-state index contributed by atoms with van der Waals surface area (Å²) in [4.78, 5) is 28.5. The molecule has 3 fully saturated rings. The van der Waals surface area contributed by atoms with E-state index in [1.54, 1.807) is 30.3 Å². The molecule has 0 amide bonds. The smallest absolute Gasteiger partial charge is 0.338 e. The summed E-state index contributed by atoms with van der Waals surface area (Å²) in [5.74, 6) is -1.43. The van der Waals surface area contributed by atoms with Crippen LogP contribution in [0.2, 0.25) is 0 Å². The van der Waals surface area contributed by atoms with E-state index in [0.29, 0.717) is 0 Å². The molecule has 88 heavy (non-hydrogen) atoms. The van der Waals surface area contributed by atoms with Gasteiger partial charge in [-0.05, 0) is 45.5 Å². The number of rotatable bonds is 29. The number of aliphatic hydroxyl groups is 2. The van der Waals surface area contributed by atoms with Gasteiger partial charge in [-0.15, -0.1) is 0 Å². The lowest BCUT2D eigenvalue weighted by Crippen LogP contribution is -2.68. The molecule has 18 heteroatoms. The van der Waals surface area contributed by atoms with Crippen LogP contribution in [0.15, 0.2) is 212 Å². The molecule has 15 atom stereocenters. The van der Waals surface area contributed by atoms with Gasteiger partial charge < -0.3 is 76.5 Å². The number of hydrogen-bond acceptors (Lipinski definition) is 18. The molecule has 0 unspecified atom stereocenters. The molecule has 3 aliphatic heterocycles. The molecule has 3 heterocycles. The zero-order valence-electron chi connectivity index (χ0n) is 49.2. The predicted octanol–water partition coefficient (Wildman–Crippen LogP) is 8.86. The third-order valence-electron chi connectivity index (χ3n) is 15.3. The molecule has 3 saturated heterocycles. The van der Waals surface area contributed by atoms with E-state index in [4.69, 9.17) is 66.3 Å². The van der Waals surface area contributed by atoms with Gasteiger partial charge in [0.15, 0.2) is 31.1 Å². The van der Waals surface area contributed by atoms with Crippen molar-refractivity contribution in [3.8, 4) is 0 Å². The molecule has 2 N–H and O–H groups in total. The van der Waals surface area contributed by atoms with E-state index in [1.807, 2.05) is 182 Å². The normalized spacial score (nSPS) is 27.1. The Hall–Kier alpha value is -7.08. The Labute approximate surface area is 512 Å². The molecule has 7 aromatic carbocycles. The van der Waals surface area contributed by atoms with Gasteiger partial charge in [0, 0.05) is 14.0 Å². The third kappa shape index (κ3) is 17.6. The zero-order chi connectivity index (χ0) is 60.9. The highest BCUT2D eigenvalue weighted by Gasteiger charge is 2.58. The summed E-state index contributed by atoms with van der Waals surface area (Å²) in [5.41, 5.74) is 5.18. The van der Waals surface area contributed by atoms with E-state index in [-0.39, 0.29) is 58.4 Å². The lowest BCUT2D eigenvalue weighted by Gasteiger charge is -2.51. The van der Waals surface area contributed by atoms with Crippen molar-refractivity contribution in [3.63, 3.8) is 0 Å². The number of carbonyl (C=O) groups is 2.